The largest absolute Gasteiger partial charge is 0.254 e. The molecule has 8 aromatic carbocycles. The van der Waals surface area contributed by atoms with Gasteiger partial charge in [-0.05, 0) is 67.7 Å². The molecule has 0 radical (unpaired) electrons. The van der Waals surface area contributed by atoms with Crippen LogP contribution in [-0.2, 0) is 5.41 Å². The zero-order chi connectivity index (χ0) is 37.5. The van der Waals surface area contributed by atoms with Gasteiger partial charge in [0.25, 0.3) is 0 Å². The Balaban J connectivity index is 1.13. The van der Waals surface area contributed by atoms with Crippen molar-refractivity contribution in [2.45, 2.75) is 5.41 Å². The van der Waals surface area contributed by atoms with Gasteiger partial charge < -0.3 is 0 Å². The molecule has 1 aliphatic carbocycles. The third-order valence-corrected chi connectivity index (χ3v) is 12.2. The highest BCUT2D eigenvalue weighted by molar-refractivity contribution is 6.18. The molecule has 264 valence electrons. The molecule has 3 aromatic heterocycles. The van der Waals surface area contributed by atoms with Crippen molar-refractivity contribution in [3.8, 4) is 33.6 Å². The Morgan fingerprint density at radius 1 is 0.368 bits per heavy atom. The summed E-state index contributed by atoms with van der Waals surface area (Å²) in [4.78, 5) is 15.6. The van der Waals surface area contributed by atoms with Crippen molar-refractivity contribution in [2.24, 2.45) is 0 Å². The van der Waals surface area contributed by atoms with Gasteiger partial charge in [0, 0.05) is 38.9 Å². The van der Waals surface area contributed by atoms with E-state index in [1.807, 2.05) is 12.3 Å². The molecule has 3 nitrogen and oxygen atoms in total. The molecule has 57 heavy (non-hydrogen) atoms. The lowest BCUT2D eigenvalue weighted by molar-refractivity contribution is 0.776. The van der Waals surface area contributed by atoms with Crippen LogP contribution >= 0.6 is 0 Å². The van der Waals surface area contributed by atoms with E-state index in [0.717, 1.165) is 66.0 Å². The summed E-state index contributed by atoms with van der Waals surface area (Å²) in [6.45, 7) is 0. The quantitative estimate of drug-likeness (QED) is 0.170. The van der Waals surface area contributed by atoms with Crippen LogP contribution in [-0.4, -0.2) is 15.0 Å². The number of nitrogens with zero attached hydrogens (tertiary/aromatic N) is 3. The van der Waals surface area contributed by atoms with Gasteiger partial charge in [0.15, 0.2) is 0 Å². The van der Waals surface area contributed by atoms with E-state index in [0.29, 0.717) is 0 Å². The molecule has 0 fully saturated rings. The number of hydrogen-bond donors (Lipinski definition) is 0. The Labute approximate surface area is 329 Å². The molecule has 0 saturated heterocycles. The summed E-state index contributed by atoms with van der Waals surface area (Å²) in [5.74, 6) is 0. The van der Waals surface area contributed by atoms with Gasteiger partial charge >= 0.3 is 0 Å². The van der Waals surface area contributed by atoms with Gasteiger partial charge in [-0.3, -0.25) is 4.98 Å². The number of rotatable bonds is 4. The smallest absolute Gasteiger partial charge is 0.0972 e. The first-order chi connectivity index (χ1) is 28.3. The lowest BCUT2D eigenvalue weighted by Gasteiger charge is -2.35. The van der Waals surface area contributed by atoms with Crippen LogP contribution in [0.3, 0.4) is 0 Å². The standard InChI is InChI=1S/C54H33N3/c1-3-15-36(16-4-1)54(37-17-5-2-6-18-37)46-26-10-9-19-40(46)43-30-32-48-49(50(43)54)42-20-7-8-21-45(42)53(57-48)44-25-12-22-38-39(44)23-11-24-41(38)47-31-29-35-28-27-34-14-13-33-55-51(34)52(35)56-47/h1-33H. The lowest BCUT2D eigenvalue weighted by Crippen LogP contribution is -2.28. The molecule has 0 N–H and O–H groups in total. The zero-order valence-electron chi connectivity index (χ0n) is 30.9. The minimum atomic E-state index is -0.540. The molecule has 3 heterocycles. The van der Waals surface area contributed by atoms with Crippen molar-refractivity contribution in [3.05, 3.63) is 223 Å². The average molecular weight is 724 g/mol. The number of pyridine rings is 3. The fourth-order valence-corrected chi connectivity index (χ4v) is 9.80. The highest BCUT2D eigenvalue weighted by Gasteiger charge is 2.47. The normalized spacial score (nSPS) is 13.1. The van der Waals surface area contributed by atoms with Gasteiger partial charge in [-0.2, -0.15) is 0 Å². The molecule has 0 bridgehead atoms. The second kappa shape index (κ2) is 12.3. The molecule has 0 atom stereocenters. The number of hydrogen-bond acceptors (Lipinski definition) is 3. The van der Waals surface area contributed by atoms with Crippen molar-refractivity contribution >= 4 is 54.3 Å². The maximum absolute atomic E-state index is 5.67. The highest BCUT2D eigenvalue weighted by atomic mass is 14.8. The Hall–Kier alpha value is -7.49. The van der Waals surface area contributed by atoms with E-state index < -0.39 is 5.41 Å². The highest BCUT2D eigenvalue weighted by Crippen LogP contribution is 2.59. The van der Waals surface area contributed by atoms with E-state index in [1.165, 1.54) is 44.2 Å². The van der Waals surface area contributed by atoms with Gasteiger partial charge in [0.1, 0.15) is 0 Å². The lowest BCUT2D eigenvalue weighted by atomic mass is 9.66. The first-order valence-electron chi connectivity index (χ1n) is 19.5. The van der Waals surface area contributed by atoms with E-state index >= 15 is 0 Å². The summed E-state index contributed by atoms with van der Waals surface area (Å²) >= 11 is 0. The topological polar surface area (TPSA) is 38.7 Å². The van der Waals surface area contributed by atoms with E-state index in [9.17, 15) is 0 Å². The van der Waals surface area contributed by atoms with E-state index in [4.69, 9.17) is 15.0 Å². The van der Waals surface area contributed by atoms with Crippen LogP contribution in [0, 0.1) is 0 Å². The fraction of sp³-hybridized carbons (Fsp3) is 0.0185. The number of aromatic nitrogens is 3. The summed E-state index contributed by atoms with van der Waals surface area (Å²) in [6.07, 6.45) is 1.84. The maximum atomic E-state index is 5.67. The van der Waals surface area contributed by atoms with Crippen molar-refractivity contribution in [2.75, 3.05) is 0 Å². The number of fused-ring (bicyclic) bond motifs is 11. The molecule has 11 aromatic rings. The third kappa shape index (κ3) is 4.51. The van der Waals surface area contributed by atoms with Gasteiger partial charge in [-0.15, -0.1) is 0 Å². The minimum Gasteiger partial charge on any atom is -0.254 e. The molecular formula is C54H33N3. The maximum Gasteiger partial charge on any atom is 0.0972 e. The van der Waals surface area contributed by atoms with Crippen LogP contribution in [0.15, 0.2) is 200 Å². The van der Waals surface area contributed by atoms with E-state index in [1.54, 1.807) is 0 Å². The molecule has 0 unspecified atom stereocenters. The Bertz CT molecular complexity index is 3370. The predicted molar refractivity (Wildman–Crippen MR) is 236 cm³/mol. The molecular weight excluding hydrogens is 691 g/mol. The summed E-state index contributed by atoms with van der Waals surface area (Å²) in [6, 6.07) is 70.2. The van der Waals surface area contributed by atoms with Crippen molar-refractivity contribution < 1.29 is 0 Å². The number of benzene rings is 8. The molecule has 3 heteroatoms. The van der Waals surface area contributed by atoms with Crippen molar-refractivity contribution in [3.63, 3.8) is 0 Å². The summed E-state index contributed by atoms with van der Waals surface area (Å²) < 4.78 is 0. The second-order valence-corrected chi connectivity index (χ2v) is 15.0. The van der Waals surface area contributed by atoms with Gasteiger partial charge in [0.05, 0.1) is 33.4 Å². The van der Waals surface area contributed by atoms with Crippen LogP contribution in [0.5, 0.6) is 0 Å². The zero-order valence-corrected chi connectivity index (χ0v) is 30.9. The fourth-order valence-electron chi connectivity index (χ4n) is 9.80. The first kappa shape index (κ1) is 31.8. The van der Waals surface area contributed by atoms with Crippen molar-refractivity contribution in [1.29, 1.82) is 0 Å². The first-order valence-corrected chi connectivity index (χ1v) is 19.5. The van der Waals surface area contributed by atoms with Crippen LogP contribution in [0.25, 0.3) is 87.9 Å². The molecule has 12 rings (SSSR count). The average Bonchev–Trinajstić information content (AvgIpc) is 3.60. The van der Waals surface area contributed by atoms with Gasteiger partial charge in [-0.1, -0.05) is 176 Å². The van der Waals surface area contributed by atoms with E-state index in [-0.39, 0.29) is 0 Å². The van der Waals surface area contributed by atoms with Crippen LogP contribution in [0.2, 0.25) is 0 Å². The second-order valence-electron chi connectivity index (χ2n) is 15.0. The predicted octanol–water partition coefficient (Wildman–Crippen LogP) is 13.3. The molecule has 0 aliphatic heterocycles. The molecule has 0 amide bonds. The Kier molecular flexibility index (Phi) is 6.84. The minimum absolute atomic E-state index is 0.540. The van der Waals surface area contributed by atoms with Crippen LogP contribution in [0.1, 0.15) is 22.3 Å². The van der Waals surface area contributed by atoms with Gasteiger partial charge in [-0.25, -0.2) is 9.97 Å². The Morgan fingerprint density at radius 2 is 0.982 bits per heavy atom. The summed E-state index contributed by atoms with van der Waals surface area (Å²) in [7, 11) is 0. The Morgan fingerprint density at radius 3 is 1.77 bits per heavy atom. The van der Waals surface area contributed by atoms with Crippen LogP contribution < -0.4 is 0 Å². The van der Waals surface area contributed by atoms with Crippen LogP contribution in [0.4, 0.5) is 0 Å². The molecule has 0 spiro atoms. The molecule has 1 aliphatic rings. The van der Waals surface area contributed by atoms with Crippen molar-refractivity contribution in [1.82, 2.24) is 15.0 Å². The SMILES string of the molecule is c1ccc(C2(c3ccccc3)c3ccccc3-c3ccc4nc(-c5cccc6c(-c7ccc8ccc9cccnc9c8n7)cccc56)c5ccccc5c4c32)cc1. The summed E-state index contributed by atoms with van der Waals surface area (Å²) in [5.41, 5.74) is 14.0. The molecule has 0 saturated carbocycles. The monoisotopic (exact) mass is 723 g/mol. The van der Waals surface area contributed by atoms with Gasteiger partial charge in [0.2, 0.25) is 0 Å². The third-order valence-electron chi connectivity index (χ3n) is 12.2. The van der Waals surface area contributed by atoms with E-state index in [2.05, 4.69) is 188 Å². The summed E-state index contributed by atoms with van der Waals surface area (Å²) in [5, 5.41) is 7.96.